The number of nitrogens with one attached hydrogen (secondary N) is 1. The molecule has 142 valence electrons. The molecule has 9 heteroatoms. The van der Waals surface area contributed by atoms with Gasteiger partial charge < -0.3 is 5.32 Å². The van der Waals surface area contributed by atoms with Crippen LogP contribution in [0, 0.1) is 13.8 Å². The Kier molecular flexibility index (Phi) is 4.79. The molecule has 0 radical (unpaired) electrons. The maximum atomic E-state index is 12.5. The standard InChI is InChI=1S/C19H20N8O/c1-13-16(14(2)27-19(24-13)21-12-23-27)6-7-18(28)25-17-8-10-22-26(17)11-15-5-3-4-9-20-15/h3-5,8-10,12H,6-7,11H2,1-2H3,(H,25,28). The van der Waals surface area contributed by atoms with Gasteiger partial charge in [0.2, 0.25) is 5.91 Å². The van der Waals surface area contributed by atoms with Crippen molar-refractivity contribution < 1.29 is 4.79 Å². The molecule has 4 rings (SSSR count). The minimum atomic E-state index is -0.0831. The van der Waals surface area contributed by atoms with Crippen molar-refractivity contribution in [3.05, 3.63) is 65.6 Å². The molecule has 0 aliphatic carbocycles. The third kappa shape index (κ3) is 3.59. The van der Waals surface area contributed by atoms with Gasteiger partial charge in [-0.2, -0.15) is 15.2 Å². The van der Waals surface area contributed by atoms with Crippen molar-refractivity contribution in [1.29, 1.82) is 0 Å². The normalized spacial score (nSPS) is 11.1. The lowest BCUT2D eigenvalue weighted by molar-refractivity contribution is -0.116. The summed E-state index contributed by atoms with van der Waals surface area (Å²) >= 11 is 0. The van der Waals surface area contributed by atoms with Gasteiger partial charge in [0, 0.05) is 30.1 Å². The molecule has 0 saturated heterocycles. The van der Waals surface area contributed by atoms with E-state index in [1.165, 1.54) is 6.33 Å². The van der Waals surface area contributed by atoms with Crippen LogP contribution < -0.4 is 5.32 Å². The van der Waals surface area contributed by atoms with E-state index in [1.54, 1.807) is 27.7 Å². The number of pyridine rings is 1. The van der Waals surface area contributed by atoms with E-state index in [-0.39, 0.29) is 5.91 Å². The monoisotopic (exact) mass is 376 g/mol. The molecule has 0 saturated carbocycles. The molecular weight excluding hydrogens is 356 g/mol. The fourth-order valence-corrected chi connectivity index (χ4v) is 3.17. The minimum absolute atomic E-state index is 0.0831. The minimum Gasteiger partial charge on any atom is -0.311 e. The van der Waals surface area contributed by atoms with Crippen molar-refractivity contribution in [2.45, 2.75) is 33.2 Å². The Morgan fingerprint density at radius 3 is 2.82 bits per heavy atom. The molecular formula is C19H20N8O. The maximum Gasteiger partial charge on any atom is 0.252 e. The summed E-state index contributed by atoms with van der Waals surface area (Å²) in [4.78, 5) is 25.4. The average molecular weight is 376 g/mol. The van der Waals surface area contributed by atoms with Crippen molar-refractivity contribution in [3.8, 4) is 0 Å². The molecule has 28 heavy (non-hydrogen) atoms. The van der Waals surface area contributed by atoms with Gasteiger partial charge in [0.1, 0.15) is 12.1 Å². The lowest BCUT2D eigenvalue weighted by Crippen LogP contribution is -2.17. The van der Waals surface area contributed by atoms with Crippen LogP contribution in [-0.4, -0.2) is 40.3 Å². The predicted molar refractivity (Wildman–Crippen MR) is 103 cm³/mol. The molecule has 1 N–H and O–H groups in total. The average Bonchev–Trinajstić information content (AvgIpc) is 3.32. The zero-order chi connectivity index (χ0) is 19.5. The fourth-order valence-electron chi connectivity index (χ4n) is 3.17. The highest BCUT2D eigenvalue weighted by atomic mass is 16.1. The first kappa shape index (κ1) is 17.8. The quantitative estimate of drug-likeness (QED) is 0.552. The highest BCUT2D eigenvalue weighted by molar-refractivity contribution is 5.90. The van der Waals surface area contributed by atoms with Crippen LogP contribution in [0.15, 0.2) is 43.0 Å². The van der Waals surface area contributed by atoms with Crippen molar-refractivity contribution in [1.82, 2.24) is 34.3 Å². The van der Waals surface area contributed by atoms with Crippen LogP contribution in [-0.2, 0) is 17.8 Å². The molecule has 4 aromatic rings. The second-order valence-electron chi connectivity index (χ2n) is 6.48. The third-order valence-electron chi connectivity index (χ3n) is 4.61. The number of carbonyl (C=O) groups excluding carboxylic acids is 1. The number of aromatic nitrogens is 7. The van der Waals surface area contributed by atoms with Crippen molar-refractivity contribution in [2.24, 2.45) is 0 Å². The van der Waals surface area contributed by atoms with Gasteiger partial charge in [0.25, 0.3) is 5.78 Å². The van der Waals surface area contributed by atoms with Crippen molar-refractivity contribution in [3.63, 3.8) is 0 Å². The van der Waals surface area contributed by atoms with Crippen LogP contribution in [0.25, 0.3) is 5.78 Å². The summed E-state index contributed by atoms with van der Waals surface area (Å²) in [5, 5.41) is 11.4. The zero-order valence-corrected chi connectivity index (χ0v) is 15.7. The Labute approximate surface area is 161 Å². The number of hydrogen-bond donors (Lipinski definition) is 1. The molecule has 9 nitrogen and oxygen atoms in total. The van der Waals surface area contributed by atoms with Gasteiger partial charge in [0.15, 0.2) is 0 Å². The van der Waals surface area contributed by atoms with Crippen LogP contribution in [0.1, 0.15) is 29.1 Å². The Morgan fingerprint density at radius 2 is 2.00 bits per heavy atom. The molecule has 0 aliphatic heterocycles. The molecule has 0 bridgehead atoms. The van der Waals surface area contributed by atoms with E-state index in [9.17, 15) is 4.79 Å². The van der Waals surface area contributed by atoms with Crippen LogP contribution in [0.5, 0.6) is 0 Å². The molecule has 0 fully saturated rings. The summed E-state index contributed by atoms with van der Waals surface area (Å²) in [5.41, 5.74) is 3.70. The zero-order valence-electron chi connectivity index (χ0n) is 15.7. The van der Waals surface area contributed by atoms with Gasteiger partial charge in [-0.3, -0.25) is 9.78 Å². The summed E-state index contributed by atoms with van der Waals surface area (Å²) in [6.45, 7) is 4.39. The summed E-state index contributed by atoms with van der Waals surface area (Å²) in [7, 11) is 0. The number of amides is 1. The number of aryl methyl sites for hydroxylation is 2. The molecule has 4 heterocycles. The van der Waals surface area contributed by atoms with E-state index in [2.05, 4.69) is 30.5 Å². The van der Waals surface area contributed by atoms with E-state index < -0.39 is 0 Å². The van der Waals surface area contributed by atoms with Gasteiger partial charge in [-0.1, -0.05) is 6.07 Å². The van der Waals surface area contributed by atoms with E-state index in [4.69, 9.17) is 0 Å². The number of carbonyl (C=O) groups is 1. The molecule has 0 spiro atoms. The van der Waals surface area contributed by atoms with Crippen LogP contribution >= 0.6 is 0 Å². The number of hydrogen-bond acceptors (Lipinski definition) is 6. The second-order valence-corrected chi connectivity index (χ2v) is 6.48. The van der Waals surface area contributed by atoms with E-state index in [0.29, 0.717) is 31.0 Å². The van der Waals surface area contributed by atoms with Gasteiger partial charge in [-0.05, 0) is 38.0 Å². The molecule has 0 atom stereocenters. The fraction of sp³-hybridized carbons (Fsp3) is 0.263. The first-order chi connectivity index (χ1) is 13.6. The largest absolute Gasteiger partial charge is 0.311 e. The van der Waals surface area contributed by atoms with Gasteiger partial charge in [-0.15, -0.1) is 0 Å². The molecule has 4 aromatic heterocycles. The van der Waals surface area contributed by atoms with Crippen molar-refractivity contribution >= 4 is 17.5 Å². The summed E-state index contributed by atoms with van der Waals surface area (Å²) in [6.07, 6.45) is 5.78. The Bertz CT molecular complexity index is 1120. The van der Waals surface area contributed by atoms with Gasteiger partial charge >= 0.3 is 0 Å². The smallest absolute Gasteiger partial charge is 0.252 e. The number of anilines is 1. The predicted octanol–water partition coefficient (Wildman–Crippen LogP) is 1.95. The summed E-state index contributed by atoms with van der Waals surface area (Å²) in [6, 6.07) is 7.49. The summed E-state index contributed by atoms with van der Waals surface area (Å²) in [5.74, 6) is 1.14. The molecule has 0 aliphatic rings. The lowest BCUT2D eigenvalue weighted by Gasteiger charge is -2.11. The van der Waals surface area contributed by atoms with Crippen LogP contribution in [0.4, 0.5) is 5.82 Å². The van der Waals surface area contributed by atoms with Crippen LogP contribution in [0.3, 0.4) is 0 Å². The SMILES string of the molecule is Cc1nc2ncnn2c(C)c1CCC(=O)Nc1ccnn1Cc1ccccn1. The first-order valence-corrected chi connectivity index (χ1v) is 8.99. The Hall–Kier alpha value is -3.62. The highest BCUT2D eigenvalue weighted by Crippen LogP contribution is 2.16. The number of nitrogens with zero attached hydrogens (tertiary/aromatic N) is 7. The number of rotatable bonds is 6. The Balaban J connectivity index is 1.43. The second kappa shape index (κ2) is 7.55. The van der Waals surface area contributed by atoms with Gasteiger partial charge in [0.05, 0.1) is 18.4 Å². The molecule has 1 amide bonds. The Morgan fingerprint density at radius 1 is 1.11 bits per heavy atom. The lowest BCUT2D eigenvalue weighted by atomic mass is 10.1. The maximum absolute atomic E-state index is 12.5. The van der Waals surface area contributed by atoms with E-state index in [0.717, 1.165) is 22.6 Å². The first-order valence-electron chi connectivity index (χ1n) is 8.99. The van der Waals surface area contributed by atoms with E-state index in [1.807, 2.05) is 32.0 Å². The van der Waals surface area contributed by atoms with Crippen molar-refractivity contribution in [2.75, 3.05) is 5.32 Å². The molecule has 0 unspecified atom stereocenters. The topological polar surface area (TPSA) is 103 Å². The van der Waals surface area contributed by atoms with Crippen LogP contribution in [0.2, 0.25) is 0 Å². The number of fused-ring (bicyclic) bond motifs is 1. The van der Waals surface area contributed by atoms with E-state index >= 15 is 0 Å². The third-order valence-corrected chi connectivity index (χ3v) is 4.61. The highest BCUT2D eigenvalue weighted by Gasteiger charge is 2.14. The summed E-state index contributed by atoms with van der Waals surface area (Å²) < 4.78 is 3.42. The van der Waals surface area contributed by atoms with Gasteiger partial charge in [-0.25, -0.2) is 14.2 Å². The molecule has 0 aromatic carbocycles.